The lowest BCUT2D eigenvalue weighted by molar-refractivity contribution is -0.166. The molecule has 1 N–H and O–H groups in total. The monoisotopic (exact) mass is 663 g/mol. The molecule has 0 aliphatic carbocycles. The van der Waals surface area contributed by atoms with E-state index in [1.807, 2.05) is 0 Å². The van der Waals surface area contributed by atoms with Crippen LogP contribution in [0, 0.1) is 52.4 Å². The fourth-order valence-electron chi connectivity index (χ4n) is 5.15. The summed E-state index contributed by atoms with van der Waals surface area (Å²) in [6.45, 7) is -1.53. The van der Waals surface area contributed by atoms with Crippen molar-refractivity contribution in [2.75, 3.05) is 11.4 Å². The minimum absolute atomic E-state index is 0.0159. The van der Waals surface area contributed by atoms with E-state index in [-0.39, 0.29) is 9.60 Å². The molecule has 1 aliphatic rings. The Morgan fingerprint density at radius 1 is 0.667 bits per heavy atom. The van der Waals surface area contributed by atoms with Gasteiger partial charge in [-0.1, -0.05) is 24.3 Å². The minimum Gasteiger partial charge on any atom is -0.507 e. The van der Waals surface area contributed by atoms with Gasteiger partial charge in [-0.2, -0.15) is 13.2 Å². The van der Waals surface area contributed by atoms with E-state index in [4.69, 9.17) is 0 Å². The number of nitrogens with zero attached hydrogens (tertiary/aromatic N) is 1. The van der Waals surface area contributed by atoms with Crippen molar-refractivity contribution in [1.82, 2.24) is 0 Å². The van der Waals surface area contributed by atoms with Crippen LogP contribution in [-0.4, -0.2) is 23.6 Å². The number of alkyl halides is 3. The second-order valence-electron chi connectivity index (χ2n) is 9.60. The Labute approximate surface area is 245 Å². The molecule has 4 aromatic carbocycles. The molecule has 0 amide bonds. The zero-order valence-corrected chi connectivity index (χ0v) is 22.2. The summed E-state index contributed by atoms with van der Waals surface area (Å²) in [6.07, 6.45) is -5.64. The molecule has 3 nitrogen and oxygen atoms in total. The Morgan fingerprint density at radius 3 is 1.73 bits per heavy atom. The average molecular weight is 663 g/mol. The summed E-state index contributed by atoms with van der Waals surface area (Å²) in [4.78, 5) is 12.5. The number of aliphatic hydroxyl groups is 1. The van der Waals surface area contributed by atoms with Crippen LogP contribution in [0.2, 0.25) is 0 Å². The smallest absolute Gasteiger partial charge is 0.454 e. The van der Waals surface area contributed by atoms with E-state index in [1.54, 1.807) is 24.3 Å². The van der Waals surface area contributed by atoms with Gasteiger partial charge >= 0.3 is 6.18 Å². The molecule has 0 bridgehead atoms. The van der Waals surface area contributed by atoms with Crippen LogP contribution in [0.15, 0.2) is 42.0 Å². The largest absolute Gasteiger partial charge is 0.507 e. The molecule has 1 aliphatic heterocycles. The zero-order valence-electron chi connectivity index (χ0n) is 21.4. The number of carbonyl (C=O) groups excluding carboxylic acids is 1. The van der Waals surface area contributed by atoms with Gasteiger partial charge in [0.25, 0.3) is 5.78 Å². The van der Waals surface area contributed by atoms with Crippen LogP contribution in [-0.2, 0) is 4.79 Å². The second kappa shape index (κ2) is 10.2. The predicted molar refractivity (Wildman–Crippen MR) is 138 cm³/mol. The third kappa shape index (κ3) is 4.25. The summed E-state index contributed by atoms with van der Waals surface area (Å²) in [6, 6.07) is 8.69. The topological polar surface area (TPSA) is 40.5 Å². The van der Waals surface area contributed by atoms with Crippen LogP contribution in [0.4, 0.5) is 64.1 Å². The molecule has 0 fully saturated rings. The summed E-state index contributed by atoms with van der Waals surface area (Å²) in [7, 11) is 0. The molecule has 232 valence electrons. The lowest BCUT2D eigenvalue weighted by Gasteiger charge is -2.33. The molecule has 5 aromatic rings. The number of fused-ring (bicyclic) bond motifs is 5. The summed E-state index contributed by atoms with van der Waals surface area (Å²) < 4.78 is 173. The van der Waals surface area contributed by atoms with E-state index in [2.05, 4.69) is 0 Å². The van der Waals surface area contributed by atoms with E-state index in [0.717, 1.165) is 17.4 Å². The number of anilines is 2. The van der Waals surface area contributed by atoms with Crippen LogP contribution in [0.3, 0.4) is 0 Å². The average Bonchev–Trinajstić information content (AvgIpc) is 3.39. The maximum absolute atomic E-state index is 15.8. The molecular formula is C29H9F12NO2S. The number of thiophene rings is 1. The summed E-state index contributed by atoms with van der Waals surface area (Å²) >= 11 is 0.888. The van der Waals surface area contributed by atoms with Crippen molar-refractivity contribution in [1.29, 1.82) is 0 Å². The number of ketones is 1. The van der Waals surface area contributed by atoms with E-state index < -0.39 is 110 Å². The van der Waals surface area contributed by atoms with Gasteiger partial charge in [0.1, 0.15) is 11.4 Å². The van der Waals surface area contributed by atoms with Crippen molar-refractivity contribution in [3.8, 4) is 11.1 Å². The summed E-state index contributed by atoms with van der Waals surface area (Å²) in [5, 5.41) is 11.6. The fraction of sp³-hybridized carbons (Fsp3) is 0.0690. The molecule has 2 heterocycles. The van der Waals surface area contributed by atoms with Crippen LogP contribution < -0.4 is 4.90 Å². The Morgan fingerprint density at radius 2 is 1.18 bits per heavy atom. The number of hydrogen-bond donors (Lipinski definition) is 1. The quantitative estimate of drug-likeness (QED) is 0.119. The number of rotatable bonds is 3. The first-order chi connectivity index (χ1) is 21.1. The maximum atomic E-state index is 15.8. The molecule has 16 heteroatoms. The molecule has 1 aromatic heterocycles. The van der Waals surface area contributed by atoms with Crippen LogP contribution in [0.25, 0.3) is 37.1 Å². The van der Waals surface area contributed by atoms with Crippen LogP contribution in [0.1, 0.15) is 5.56 Å². The van der Waals surface area contributed by atoms with Gasteiger partial charge < -0.3 is 10.0 Å². The van der Waals surface area contributed by atoms with Gasteiger partial charge in [-0.15, -0.1) is 11.3 Å². The van der Waals surface area contributed by atoms with Gasteiger partial charge in [-0.05, 0) is 12.1 Å². The standard InChI is InChI=1S/C29H9F12NO2S/c30-15-13(16(31)20(35)21(36)19(15)34)14-17(32)22(37)25(23(38)18(14)33)42-7-11(28(44)29(39,40)41)26(43)10-6-5-9-8-3-1-2-4-12(8)45-27(9)24(10)42/h1-6,43H,7H2. The van der Waals surface area contributed by atoms with Crippen molar-refractivity contribution in [2.45, 2.75) is 6.18 Å². The summed E-state index contributed by atoms with van der Waals surface area (Å²) in [5.74, 6) is -28.2. The molecule has 45 heavy (non-hydrogen) atoms. The van der Waals surface area contributed by atoms with Gasteiger partial charge in [-0.25, -0.2) is 39.5 Å². The molecule has 6 rings (SSSR count). The van der Waals surface area contributed by atoms with Crippen molar-refractivity contribution < 1.29 is 62.6 Å². The van der Waals surface area contributed by atoms with Gasteiger partial charge in [-0.3, -0.25) is 4.79 Å². The van der Waals surface area contributed by atoms with Gasteiger partial charge in [0, 0.05) is 21.0 Å². The highest BCUT2D eigenvalue weighted by Crippen LogP contribution is 2.50. The van der Waals surface area contributed by atoms with E-state index in [1.165, 1.54) is 6.07 Å². The van der Waals surface area contributed by atoms with Gasteiger partial charge in [0.05, 0.1) is 33.6 Å². The number of carbonyl (C=O) groups is 1. The van der Waals surface area contributed by atoms with Crippen LogP contribution in [0.5, 0.6) is 0 Å². The fourth-order valence-corrected chi connectivity index (χ4v) is 6.41. The molecule has 0 unspecified atom stereocenters. The summed E-state index contributed by atoms with van der Waals surface area (Å²) in [5.41, 5.74) is -9.14. The Bertz CT molecular complexity index is 2110. The third-order valence-electron chi connectivity index (χ3n) is 7.15. The molecule has 0 atom stereocenters. The highest BCUT2D eigenvalue weighted by Gasteiger charge is 2.46. The Balaban J connectivity index is 1.70. The first kappa shape index (κ1) is 30.3. The van der Waals surface area contributed by atoms with Gasteiger partial charge in [0.15, 0.2) is 46.5 Å². The van der Waals surface area contributed by atoms with Crippen molar-refractivity contribution >= 4 is 54.4 Å². The normalized spacial score (nSPS) is 13.7. The van der Waals surface area contributed by atoms with Crippen molar-refractivity contribution in [3.63, 3.8) is 0 Å². The van der Waals surface area contributed by atoms with Crippen molar-refractivity contribution in [2.24, 2.45) is 0 Å². The molecule has 0 saturated carbocycles. The maximum Gasteiger partial charge on any atom is 0.454 e. The number of benzene rings is 4. The Hall–Kier alpha value is -4.73. The van der Waals surface area contributed by atoms with E-state index in [9.17, 15) is 45.0 Å². The van der Waals surface area contributed by atoms with E-state index >= 15 is 17.6 Å². The number of halogens is 12. The number of Topliss-reactive ketones (excluding diaryl/α,β-unsaturated/α-hetero) is 1. The SMILES string of the molecule is O=C(C1=C(O)c2ccc3c(sc4ccccc43)c2N(c2c(F)c(F)c(-c3c(F)c(F)c(F)c(F)c3F)c(F)c2F)C1)C(F)(F)F. The highest BCUT2D eigenvalue weighted by atomic mass is 32.1. The third-order valence-corrected chi connectivity index (χ3v) is 8.34. The van der Waals surface area contributed by atoms with Gasteiger partial charge in [0.2, 0.25) is 5.82 Å². The number of aliphatic hydroxyl groups excluding tert-OH is 1. The molecule has 0 radical (unpaired) electrons. The lowest BCUT2D eigenvalue weighted by atomic mass is 9.94. The first-order valence-corrected chi connectivity index (χ1v) is 13.0. The predicted octanol–water partition coefficient (Wildman–Crippen LogP) is 9.53. The minimum atomic E-state index is -5.64. The number of hydrogen-bond acceptors (Lipinski definition) is 4. The molecule has 0 spiro atoms. The first-order valence-electron chi connectivity index (χ1n) is 12.2. The van der Waals surface area contributed by atoms with Crippen molar-refractivity contribution in [3.05, 3.63) is 99.9 Å². The molecular weight excluding hydrogens is 654 g/mol. The highest BCUT2D eigenvalue weighted by molar-refractivity contribution is 7.26. The van der Waals surface area contributed by atoms with E-state index in [0.29, 0.717) is 15.5 Å². The second-order valence-corrected chi connectivity index (χ2v) is 10.7. The lowest BCUT2D eigenvalue weighted by Crippen LogP contribution is -2.35. The zero-order chi connectivity index (χ0) is 32.9. The van der Waals surface area contributed by atoms with Crippen LogP contribution >= 0.6 is 11.3 Å². The molecule has 0 saturated heterocycles. The Kier molecular flexibility index (Phi) is 6.84.